The van der Waals surface area contributed by atoms with E-state index in [1.807, 2.05) is 0 Å². The van der Waals surface area contributed by atoms with Gasteiger partial charge in [0.05, 0.1) is 0 Å². The Kier molecular flexibility index (Phi) is 5.44. The molecular weight excluding hydrogens is 220 g/mol. The van der Waals surface area contributed by atoms with Crippen molar-refractivity contribution in [2.24, 2.45) is 11.8 Å². The SMILES string of the molecule is CO[Si](OC)(OC)C1CCC(C(C)C)CC1. The molecule has 4 heteroatoms. The predicted molar refractivity (Wildman–Crippen MR) is 67.3 cm³/mol. The molecule has 0 heterocycles. The maximum absolute atomic E-state index is 5.57. The van der Waals surface area contributed by atoms with Gasteiger partial charge in [-0.2, -0.15) is 0 Å². The molecule has 0 saturated heterocycles. The molecule has 0 atom stereocenters. The highest BCUT2D eigenvalue weighted by atomic mass is 28.4. The summed E-state index contributed by atoms with van der Waals surface area (Å²) >= 11 is 0. The Balaban J connectivity index is 2.57. The summed E-state index contributed by atoms with van der Waals surface area (Å²) in [4.78, 5) is 0. The van der Waals surface area contributed by atoms with Crippen LogP contribution < -0.4 is 0 Å². The molecule has 1 aliphatic rings. The Morgan fingerprint density at radius 2 is 1.31 bits per heavy atom. The molecule has 96 valence electrons. The van der Waals surface area contributed by atoms with Gasteiger partial charge in [0.1, 0.15) is 0 Å². The van der Waals surface area contributed by atoms with Crippen LogP contribution in [-0.2, 0) is 13.3 Å². The predicted octanol–water partition coefficient (Wildman–Crippen LogP) is 3.08. The standard InChI is InChI=1S/C12H26O3Si/c1-10(2)11-6-8-12(9-7-11)16(13-3,14-4)15-5/h10-12H,6-9H2,1-5H3. The maximum atomic E-state index is 5.57. The molecule has 0 radical (unpaired) electrons. The Morgan fingerprint density at radius 1 is 0.875 bits per heavy atom. The van der Waals surface area contributed by atoms with E-state index in [4.69, 9.17) is 13.3 Å². The van der Waals surface area contributed by atoms with Gasteiger partial charge in [0.2, 0.25) is 0 Å². The molecule has 0 unspecified atom stereocenters. The molecule has 16 heavy (non-hydrogen) atoms. The lowest BCUT2D eigenvalue weighted by Crippen LogP contribution is -2.48. The zero-order valence-electron chi connectivity index (χ0n) is 11.3. The minimum Gasteiger partial charge on any atom is -0.377 e. The quantitative estimate of drug-likeness (QED) is 0.698. The second-order valence-corrected chi connectivity index (χ2v) is 8.32. The van der Waals surface area contributed by atoms with Crippen molar-refractivity contribution in [3.63, 3.8) is 0 Å². The molecule has 1 fully saturated rings. The Morgan fingerprint density at radius 3 is 1.62 bits per heavy atom. The van der Waals surface area contributed by atoms with Gasteiger partial charge >= 0.3 is 8.80 Å². The molecule has 0 aromatic carbocycles. The molecule has 3 nitrogen and oxygen atoms in total. The first kappa shape index (κ1) is 14.2. The third kappa shape index (κ3) is 2.86. The van der Waals surface area contributed by atoms with Crippen LogP contribution in [0.1, 0.15) is 39.5 Å². The zero-order valence-corrected chi connectivity index (χ0v) is 12.3. The van der Waals surface area contributed by atoms with Crippen molar-refractivity contribution in [3.05, 3.63) is 0 Å². The summed E-state index contributed by atoms with van der Waals surface area (Å²) in [7, 11) is 2.77. The van der Waals surface area contributed by atoms with Crippen LogP contribution in [-0.4, -0.2) is 30.1 Å². The number of hydrogen-bond acceptors (Lipinski definition) is 3. The highest BCUT2D eigenvalue weighted by molar-refractivity contribution is 6.62. The van der Waals surface area contributed by atoms with Crippen LogP contribution in [0.15, 0.2) is 0 Å². The fourth-order valence-electron chi connectivity index (χ4n) is 2.89. The van der Waals surface area contributed by atoms with Crippen LogP contribution in [0.5, 0.6) is 0 Å². The van der Waals surface area contributed by atoms with Crippen LogP contribution in [0.4, 0.5) is 0 Å². The highest BCUT2D eigenvalue weighted by Gasteiger charge is 2.48. The van der Waals surface area contributed by atoms with E-state index in [2.05, 4.69) is 13.8 Å². The lowest BCUT2D eigenvalue weighted by molar-refractivity contribution is 0.0981. The molecule has 0 aromatic heterocycles. The average Bonchev–Trinajstić information content (AvgIpc) is 2.33. The van der Waals surface area contributed by atoms with E-state index in [1.165, 1.54) is 25.7 Å². The smallest absolute Gasteiger partial charge is 0.377 e. The number of hydrogen-bond donors (Lipinski definition) is 0. The van der Waals surface area contributed by atoms with Gasteiger partial charge in [-0.25, -0.2) is 0 Å². The molecule has 0 bridgehead atoms. The lowest BCUT2D eigenvalue weighted by atomic mass is 9.81. The van der Waals surface area contributed by atoms with E-state index in [9.17, 15) is 0 Å². The first-order valence-corrected chi connectivity index (χ1v) is 8.05. The van der Waals surface area contributed by atoms with Gasteiger partial charge < -0.3 is 13.3 Å². The fraction of sp³-hybridized carbons (Fsp3) is 1.00. The van der Waals surface area contributed by atoms with Crippen LogP contribution in [0, 0.1) is 11.8 Å². The van der Waals surface area contributed by atoms with Crippen molar-refractivity contribution >= 4 is 8.80 Å². The molecule has 0 amide bonds. The van der Waals surface area contributed by atoms with Gasteiger partial charge in [0.15, 0.2) is 0 Å². The summed E-state index contributed by atoms with van der Waals surface area (Å²) in [6, 6.07) is 0. The summed E-state index contributed by atoms with van der Waals surface area (Å²) in [6.45, 7) is 4.64. The topological polar surface area (TPSA) is 27.7 Å². The molecule has 0 aromatic rings. The van der Waals surface area contributed by atoms with Crippen LogP contribution >= 0.6 is 0 Å². The van der Waals surface area contributed by atoms with Crippen molar-refractivity contribution in [1.29, 1.82) is 0 Å². The summed E-state index contributed by atoms with van der Waals surface area (Å²) in [5, 5.41) is 0. The van der Waals surface area contributed by atoms with Crippen LogP contribution in [0.2, 0.25) is 5.54 Å². The second-order valence-electron chi connectivity index (χ2n) is 5.07. The summed E-state index contributed by atoms with van der Waals surface area (Å²) in [6.07, 6.45) is 4.94. The lowest BCUT2D eigenvalue weighted by Gasteiger charge is -2.38. The van der Waals surface area contributed by atoms with Gasteiger partial charge in [-0.05, 0) is 37.5 Å². The van der Waals surface area contributed by atoms with Gasteiger partial charge in [-0.15, -0.1) is 0 Å². The summed E-state index contributed by atoms with van der Waals surface area (Å²) in [5.41, 5.74) is 0.488. The summed E-state index contributed by atoms with van der Waals surface area (Å²) < 4.78 is 16.7. The third-order valence-corrected chi connectivity index (χ3v) is 7.35. The minimum atomic E-state index is -2.38. The monoisotopic (exact) mass is 246 g/mol. The van der Waals surface area contributed by atoms with Gasteiger partial charge in [-0.1, -0.05) is 13.8 Å². The normalized spacial score (nSPS) is 27.4. The van der Waals surface area contributed by atoms with E-state index in [-0.39, 0.29) is 0 Å². The minimum absolute atomic E-state index is 0.488. The van der Waals surface area contributed by atoms with E-state index >= 15 is 0 Å². The van der Waals surface area contributed by atoms with Gasteiger partial charge in [-0.3, -0.25) is 0 Å². The number of rotatable bonds is 5. The Bertz CT molecular complexity index is 188. The van der Waals surface area contributed by atoms with Crippen LogP contribution in [0.25, 0.3) is 0 Å². The third-order valence-electron chi connectivity index (χ3n) is 4.07. The molecule has 0 aliphatic heterocycles. The van der Waals surface area contributed by atoms with Crippen molar-refractivity contribution in [2.45, 2.75) is 45.1 Å². The van der Waals surface area contributed by atoms with Crippen LogP contribution in [0.3, 0.4) is 0 Å². The molecule has 0 spiro atoms. The molecular formula is C12H26O3Si. The van der Waals surface area contributed by atoms with E-state index in [1.54, 1.807) is 21.3 Å². The Hall–Kier alpha value is 0.0969. The molecule has 0 N–H and O–H groups in total. The van der Waals surface area contributed by atoms with Crippen molar-refractivity contribution in [2.75, 3.05) is 21.3 Å². The first-order chi connectivity index (χ1) is 7.59. The summed E-state index contributed by atoms with van der Waals surface area (Å²) in [5.74, 6) is 1.66. The molecule has 1 aliphatic carbocycles. The first-order valence-electron chi connectivity index (χ1n) is 6.25. The fourth-order valence-corrected chi connectivity index (χ4v) is 5.43. The molecule has 1 saturated carbocycles. The zero-order chi connectivity index (χ0) is 12.2. The maximum Gasteiger partial charge on any atom is 0.503 e. The van der Waals surface area contributed by atoms with E-state index in [0.717, 1.165) is 11.8 Å². The largest absolute Gasteiger partial charge is 0.503 e. The van der Waals surface area contributed by atoms with Crippen molar-refractivity contribution in [3.8, 4) is 0 Å². The Labute approximate surface area is 101 Å². The molecule has 1 rings (SSSR count). The van der Waals surface area contributed by atoms with Crippen molar-refractivity contribution in [1.82, 2.24) is 0 Å². The average molecular weight is 246 g/mol. The van der Waals surface area contributed by atoms with E-state index in [0.29, 0.717) is 5.54 Å². The van der Waals surface area contributed by atoms with Crippen molar-refractivity contribution < 1.29 is 13.3 Å². The van der Waals surface area contributed by atoms with Gasteiger partial charge in [0.25, 0.3) is 0 Å². The van der Waals surface area contributed by atoms with E-state index < -0.39 is 8.80 Å². The second kappa shape index (κ2) is 6.14. The van der Waals surface area contributed by atoms with Gasteiger partial charge in [0, 0.05) is 26.9 Å². The highest BCUT2D eigenvalue weighted by Crippen LogP contribution is 2.42.